The van der Waals surface area contributed by atoms with Crippen LogP contribution in [-0.2, 0) is 4.79 Å². The number of anilines is 1. The van der Waals surface area contributed by atoms with Crippen molar-refractivity contribution < 1.29 is 9.18 Å². The number of halogens is 1. The number of carbonyl (C=O) groups is 1. The lowest BCUT2D eigenvalue weighted by Gasteiger charge is -2.49. The van der Waals surface area contributed by atoms with Crippen molar-refractivity contribution >= 4 is 23.5 Å². The minimum Gasteiger partial charge on any atom is -0.342 e. The zero-order chi connectivity index (χ0) is 22.6. The molecule has 0 unspecified atom stereocenters. The lowest BCUT2D eigenvalue weighted by molar-refractivity contribution is -0.131. The van der Waals surface area contributed by atoms with Crippen LogP contribution >= 0.6 is 0 Å². The van der Waals surface area contributed by atoms with Gasteiger partial charge in [-0.1, -0.05) is 29.8 Å². The van der Waals surface area contributed by atoms with Crippen molar-refractivity contribution in [2.24, 2.45) is 10.7 Å². The lowest BCUT2D eigenvalue weighted by Crippen LogP contribution is -2.63. The first-order valence-electron chi connectivity index (χ1n) is 10.3. The number of hydrogen-bond donors (Lipinski definition) is 2. The van der Waals surface area contributed by atoms with Crippen LogP contribution in [0.15, 0.2) is 59.3 Å². The number of nitrogens with one attached hydrogen (secondary N) is 1. The first kappa shape index (κ1) is 22.5. The van der Waals surface area contributed by atoms with Crippen LogP contribution in [0.1, 0.15) is 25.0 Å². The summed E-state index contributed by atoms with van der Waals surface area (Å²) in [5, 5.41) is 3.48. The number of piperazine rings is 1. The average molecular weight is 424 g/mol. The summed E-state index contributed by atoms with van der Waals surface area (Å²) in [5.74, 6) is 1.06. The first-order chi connectivity index (χ1) is 14.7. The molecule has 0 aromatic heterocycles. The van der Waals surface area contributed by atoms with E-state index in [0.29, 0.717) is 13.1 Å². The number of rotatable bonds is 5. The molecule has 31 heavy (non-hydrogen) atoms. The predicted molar refractivity (Wildman–Crippen MR) is 124 cm³/mol. The molecule has 1 aliphatic heterocycles. The molecule has 1 saturated heterocycles. The van der Waals surface area contributed by atoms with Gasteiger partial charge in [0.1, 0.15) is 17.5 Å². The molecular weight excluding hydrogens is 393 g/mol. The summed E-state index contributed by atoms with van der Waals surface area (Å²) < 4.78 is 13.9. The van der Waals surface area contributed by atoms with Crippen molar-refractivity contribution in [1.82, 2.24) is 9.80 Å². The molecule has 0 aliphatic carbocycles. The third kappa shape index (κ3) is 5.30. The molecule has 0 spiro atoms. The van der Waals surface area contributed by atoms with E-state index >= 15 is 0 Å². The van der Waals surface area contributed by atoms with E-state index in [-0.39, 0.29) is 18.3 Å². The highest BCUT2D eigenvalue weighted by Gasteiger charge is 2.40. The molecule has 0 saturated carbocycles. The Morgan fingerprint density at radius 1 is 1.26 bits per heavy atom. The Morgan fingerprint density at radius 3 is 2.58 bits per heavy atom. The summed E-state index contributed by atoms with van der Waals surface area (Å²) in [6, 6.07) is 14.5. The van der Waals surface area contributed by atoms with Gasteiger partial charge in [0, 0.05) is 19.3 Å². The average Bonchev–Trinajstić information content (AvgIpc) is 2.73. The molecule has 1 fully saturated rings. The summed E-state index contributed by atoms with van der Waals surface area (Å²) in [5.41, 5.74) is 7.91. The molecule has 3 rings (SSSR count). The first-order valence-corrected chi connectivity index (χ1v) is 10.3. The molecule has 2 aromatic carbocycles. The van der Waals surface area contributed by atoms with Gasteiger partial charge in [0.2, 0.25) is 5.91 Å². The summed E-state index contributed by atoms with van der Waals surface area (Å²) in [6.45, 7) is 6.92. The van der Waals surface area contributed by atoms with Crippen LogP contribution in [-0.4, -0.2) is 53.8 Å². The second-order valence-corrected chi connectivity index (χ2v) is 8.32. The molecular formula is C24H30FN5O. The van der Waals surface area contributed by atoms with E-state index in [2.05, 4.69) is 15.2 Å². The van der Waals surface area contributed by atoms with Crippen LogP contribution < -0.4 is 11.1 Å². The quantitative estimate of drug-likeness (QED) is 0.773. The Kier molecular flexibility index (Phi) is 6.75. The Labute approximate surface area is 183 Å². The molecule has 0 atom stereocenters. The summed E-state index contributed by atoms with van der Waals surface area (Å²) in [6.07, 6.45) is 1.90. The van der Waals surface area contributed by atoms with Crippen molar-refractivity contribution in [1.29, 1.82) is 0 Å². The zero-order valence-corrected chi connectivity index (χ0v) is 18.5. The SMILES string of the molecule is CN=C1CN(C(=O)CN)CC(C)(C)N1/C(=C/c1cccc(F)c1)Nc1ccc(C)cc1. The van der Waals surface area contributed by atoms with Crippen LogP contribution in [0.25, 0.3) is 6.08 Å². The maximum atomic E-state index is 13.9. The normalized spacial score (nSPS) is 17.7. The Balaban J connectivity index is 2.06. The number of aliphatic imine (C=N–C) groups is 1. The highest BCUT2D eigenvalue weighted by molar-refractivity contribution is 5.93. The molecule has 1 heterocycles. The molecule has 7 heteroatoms. The lowest BCUT2D eigenvalue weighted by atomic mass is 9.97. The highest BCUT2D eigenvalue weighted by atomic mass is 19.1. The van der Waals surface area contributed by atoms with E-state index in [0.717, 1.165) is 28.5 Å². The van der Waals surface area contributed by atoms with Gasteiger partial charge in [0.25, 0.3) is 0 Å². The van der Waals surface area contributed by atoms with Crippen molar-refractivity contribution in [3.8, 4) is 0 Å². The monoisotopic (exact) mass is 423 g/mol. The molecule has 164 valence electrons. The van der Waals surface area contributed by atoms with Crippen molar-refractivity contribution in [3.63, 3.8) is 0 Å². The number of hydrogen-bond acceptors (Lipinski definition) is 4. The van der Waals surface area contributed by atoms with Gasteiger partial charge in [-0.05, 0) is 56.7 Å². The van der Waals surface area contributed by atoms with Gasteiger partial charge in [-0.3, -0.25) is 9.79 Å². The van der Waals surface area contributed by atoms with E-state index in [9.17, 15) is 9.18 Å². The third-order valence-corrected chi connectivity index (χ3v) is 5.28. The van der Waals surface area contributed by atoms with Crippen LogP contribution in [0.3, 0.4) is 0 Å². The molecule has 2 aromatic rings. The second kappa shape index (κ2) is 9.31. The number of benzene rings is 2. The summed E-state index contributed by atoms with van der Waals surface area (Å²) in [4.78, 5) is 20.6. The van der Waals surface area contributed by atoms with Crippen LogP contribution in [0.4, 0.5) is 10.1 Å². The topological polar surface area (TPSA) is 74.0 Å². The Hall–Kier alpha value is -3.19. The van der Waals surface area contributed by atoms with Crippen LogP contribution in [0.5, 0.6) is 0 Å². The Morgan fingerprint density at radius 2 is 1.97 bits per heavy atom. The Bertz CT molecular complexity index is 997. The smallest absolute Gasteiger partial charge is 0.236 e. The van der Waals surface area contributed by atoms with Crippen molar-refractivity contribution in [2.75, 3.05) is 32.0 Å². The van der Waals surface area contributed by atoms with E-state index in [1.807, 2.05) is 57.2 Å². The minimum atomic E-state index is -0.477. The molecule has 3 N–H and O–H groups in total. The number of aryl methyl sites for hydroxylation is 1. The molecule has 0 radical (unpaired) electrons. The van der Waals surface area contributed by atoms with E-state index in [1.165, 1.54) is 12.1 Å². The number of nitrogens with zero attached hydrogens (tertiary/aromatic N) is 3. The third-order valence-electron chi connectivity index (χ3n) is 5.28. The van der Waals surface area contributed by atoms with Gasteiger partial charge in [-0.2, -0.15) is 0 Å². The van der Waals surface area contributed by atoms with Gasteiger partial charge in [0.05, 0.1) is 18.6 Å². The number of carbonyl (C=O) groups excluding carboxylic acids is 1. The fourth-order valence-corrected chi connectivity index (χ4v) is 3.82. The minimum absolute atomic E-state index is 0.0410. The van der Waals surface area contributed by atoms with Gasteiger partial charge in [0.15, 0.2) is 0 Å². The number of amidine groups is 1. The fourth-order valence-electron chi connectivity index (χ4n) is 3.82. The van der Waals surface area contributed by atoms with Crippen molar-refractivity contribution in [3.05, 3.63) is 71.3 Å². The highest BCUT2D eigenvalue weighted by Crippen LogP contribution is 2.29. The maximum absolute atomic E-state index is 13.9. The molecule has 1 aliphatic rings. The van der Waals surface area contributed by atoms with E-state index in [1.54, 1.807) is 18.0 Å². The molecule has 0 bridgehead atoms. The summed E-state index contributed by atoms with van der Waals surface area (Å²) in [7, 11) is 1.71. The van der Waals surface area contributed by atoms with Crippen molar-refractivity contribution in [2.45, 2.75) is 26.3 Å². The van der Waals surface area contributed by atoms with Gasteiger partial charge in [-0.25, -0.2) is 4.39 Å². The standard InChI is InChI=1S/C24H30FN5O/c1-17-8-10-20(11-9-17)28-21(13-18-6-5-7-19(25)12-18)30-22(27-4)15-29(23(31)14-26)16-24(30,2)3/h5-13,28H,14-16,26H2,1-4H3/b21-13+,27-22?. The molecule has 1 amide bonds. The largest absolute Gasteiger partial charge is 0.342 e. The van der Waals surface area contributed by atoms with Gasteiger partial charge >= 0.3 is 0 Å². The van der Waals surface area contributed by atoms with E-state index in [4.69, 9.17) is 5.73 Å². The van der Waals surface area contributed by atoms with Crippen LogP contribution in [0, 0.1) is 12.7 Å². The maximum Gasteiger partial charge on any atom is 0.236 e. The van der Waals surface area contributed by atoms with Gasteiger partial charge in [-0.15, -0.1) is 0 Å². The van der Waals surface area contributed by atoms with Gasteiger partial charge < -0.3 is 20.9 Å². The van der Waals surface area contributed by atoms with Crippen LogP contribution in [0.2, 0.25) is 0 Å². The zero-order valence-electron chi connectivity index (χ0n) is 18.5. The summed E-state index contributed by atoms with van der Waals surface area (Å²) >= 11 is 0. The fraction of sp³-hybridized carbons (Fsp3) is 0.333. The molecule has 6 nitrogen and oxygen atoms in total. The second-order valence-electron chi connectivity index (χ2n) is 8.32. The van der Waals surface area contributed by atoms with E-state index < -0.39 is 5.54 Å². The number of amides is 1. The predicted octanol–water partition coefficient (Wildman–Crippen LogP) is 3.45. The number of nitrogens with two attached hydrogens (primary N) is 1.